The Bertz CT molecular complexity index is 605. The van der Waals surface area contributed by atoms with E-state index in [-0.39, 0.29) is 5.91 Å². The fraction of sp³-hybridized carbons (Fsp3) is 0.533. The van der Waals surface area contributed by atoms with Gasteiger partial charge in [-0.15, -0.1) is 0 Å². The van der Waals surface area contributed by atoms with Crippen LogP contribution < -0.4 is 0 Å². The Labute approximate surface area is 123 Å². The first-order chi connectivity index (χ1) is 10.1. The van der Waals surface area contributed by atoms with E-state index in [1.54, 1.807) is 23.0 Å². The first kappa shape index (κ1) is 13.9. The fourth-order valence-corrected chi connectivity index (χ4v) is 2.47. The van der Waals surface area contributed by atoms with Crippen molar-refractivity contribution >= 4 is 5.91 Å². The number of aryl methyl sites for hydroxylation is 1. The summed E-state index contributed by atoms with van der Waals surface area (Å²) in [4.78, 5) is 17.6. The van der Waals surface area contributed by atoms with Crippen LogP contribution in [0.3, 0.4) is 0 Å². The zero-order chi connectivity index (χ0) is 14.8. The van der Waals surface area contributed by atoms with Crippen LogP contribution in [0.15, 0.2) is 29.2 Å². The Morgan fingerprint density at radius 2 is 2.33 bits per heavy atom. The van der Waals surface area contributed by atoms with Gasteiger partial charge in [0.25, 0.3) is 0 Å². The highest BCUT2D eigenvalue weighted by atomic mass is 16.3. The molecule has 112 valence electrons. The molecule has 6 heteroatoms. The standard InChI is InChI=1S/C15H20N4O2/c1-11-7-13(11)14-4-3-12(21-14)8-18(2)15(20)5-6-19-10-16-9-17-19/h3-4,9-11,13H,5-8H2,1-2H3/t11-,13-/m1/s1. The van der Waals surface area contributed by atoms with E-state index in [2.05, 4.69) is 17.0 Å². The maximum Gasteiger partial charge on any atom is 0.224 e. The summed E-state index contributed by atoms with van der Waals surface area (Å²) in [5.74, 6) is 3.28. The molecule has 1 aliphatic carbocycles. The molecule has 0 bridgehead atoms. The molecule has 0 radical (unpaired) electrons. The van der Waals surface area contributed by atoms with Gasteiger partial charge in [-0.25, -0.2) is 4.98 Å². The maximum atomic E-state index is 12.1. The van der Waals surface area contributed by atoms with Gasteiger partial charge in [-0.2, -0.15) is 5.10 Å². The van der Waals surface area contributed by atoms with Crippen molar-refractivity contribution in [3.05, 3.63) is 36.3 Å². The SMILES string of the molecule is C[C@@H]1C[C@H]1c1ccc(CN(C)C(=O)CCn2cncn2)o1. The third kappa shape index (κ3) is 3.32. The highest BCUT2D eigenvalue weighted by Crippen LogP contribution is 2.47. The van der Waals surface area contributed by atoms with Crippen LogP contribution in [0.25, 0.3) is 0 Å². The largest absolute Gasteiger partial charge is 0.464 e. The molecular weight excluding hydrogens is 268 g/mol. The molecule has 21 heavy (non-hydrogen) atoms. The van der Waals surface area contributed by atoms with Gasteiger partial charge in [0.05, 0.1) is 13.1 Å². The zero-order valence-corrected chi connectivity index (χ0v) is 12.4. The second-order valence-electron chi connectivity index (χ2n) is 5.78. The molecule has 0 aromatic carbocycles. The number of nitrogens with zero attached hydrogens (tertiary/aromatic N) is 4. The van der Waals surface area contributed by atoms with Crippen LogP contribution >= 0.6 is 0 Å². The number of hydrogen-bond acceptors (Lipinski definition) is 4. The second kappa shape index (κ2) is 5.71. The first-order valence-corrected chi connectivity index (χ1v) is 7.28. The summed E-state index contributed by atoms with van der Waals surface area (Å²) in [7, 11) is 1.80. The van der Waals surface area contributed by atoms with Crippen LogP contribution in [0.5, 0.6) is 0 Å². The van der Waals surface area contributed by atoms with Crippen LogP contribution in [-0.2, 0) is 17.9 Å². The number of carbonyl (C=O) groups excluding carboxylic acids is 1. The molecule has 0 aliphatic heterocycles. The van der Waals surface area contributed by atoms with E-state index in [1.807, 2.05) is 12.1 Å². The minimum absolute atomic E-state index is 0.0724. The highest BCUT2D eigenvalue weighted by Gasteiger charge is 2.36. The minimum atomic E-state index is 0.0724. The van der Waals surface area contributed by atoms with Gasteiger partial charge in [0.1, 0.15) is 24.2 Å². The zero-order valence-electron chi connectivity index (χ0n) is 12.4. The van der Waals surface area contributed by atoms with Crippen LogP contribution in [0.2, 0.25) is 0 Å². The Balaban J connectivity index is 1.49. The van der Waals surface area contributed by atoms with Gasteiger partial charge < -0.3 is 9.32 Å². The molecule has 6 nitrogen and oxygen atoms in total. The van der Waals surface area contributed by atoms with Gasteiger partial charge in [-0.05, 0) is 24.5 Å². The number of amides is 1. The van der Waals surface area contributed by atoms with Crippen molar-refractivity contribution in [3.8, 4) is 0 Å². The summed E-state index contributed by atoms with van der Waals surface area (Å²) >= 11 is 0. The highest BCUT2D eigenvalue weighted by molar-refractivity contribution is 5.75. The number of rotatable bonds is 6. The van der Waals surface area contributed by atoms with Gasteiger partial charge in [-0.3, -0.25) is 9.48 Å². The summed E-state index contributed by atoms with van der Waals surface area (Å²) in [5, 5.41) is 3.98. The molecule has 1 saturated carbocycles. The molecule has 2 aromatic heterocycles. The van der Waals surface area contributed by atoms with Crippen LogP contribution in [0.1, 0.15) is 37.2 Å². The minimum Gasteiger partial charge on any atom is -0.464 e. The monoisotopic (exact) mass is 288 g/mol. The fourth-order valence-electron chi connectivity index (χ4n) is 2.47. The first-order valence-electron chi connectivity index (χ1n) is 7.28. The van der Waals surface area contributed by atoms with Crippen molar-refractivity contribution in [1.82, 2.24) is 19.7 Å². The lowest BCUT2D eigenvalue weighted by molar-refractivity contribution is -0.130. The Hall–Kier alpha value is -2.11. The van der Waals surface area contributed by atoms with E-state index in [9.17, 15) is 4.79 Å². The van der Waals surface area contributed by atoms with Gasteiger partial charge in [0, 0.05) is 19.4 Å². The van der Waals surface area contributed by atoms with E-state index in [0.717, 1.165) is 17.4 Å². The predicted molar refractivity (Wildman–Crippen MR) is 76.3 cm³/mol. The van der Waals surface area contributed by atoms with Crippen LogP contribution in [0, 0.1) is 5.92 Å². The molecule has 0 unspecified atom stereocenters. The number of carbonyl (C=O) groups is 1. The molecule has 3 rings (SSSR count). The van der Waals surface area contributed by atoms with Crippen molar-refractivity contribution in [2.45, 2.75) is 38.8 Å². The lowest BCUT2D eigenvalue weighted by Crippen LogP contribution is -2.26. The summed E-state index contributed by atoms with van der Waals surface area (Å²) < 4.78 is 7.49. The molecular formula is C15H20N4O2. The average Bonchev–Trinajstić information content (AvgIpc) is 2.89. The smallest absolute Gasteiger partial charge is 0.224 e. The normalized spacial score (nSPS) is 20.5. The van der Waals surface area contributed by atoms with E-state index in [0.29, 0.717) is 25.4 Å². The third-order valence-corrected chi connectivity index (χ3v) is 4.00. The maximum absolute atomic E-state index is 12.1. The Morgan fingerprint density at radius 1 is 1.52 bits per heavy atom. The number of furan rings is 1. The quantitative estimate of drug-likeness (QED) is 0.816. The van der Waals surface area contributed by atoms with Crippen LogP contribution in [-0.4, -0.2) is 32.6 Å². The van der Waals surface area contributed by atoms with Crippen molar-refractivity contribution in [3.63, 3.8) is 0 Å². The summed E-state index contributed by atoms with van der Waals surface area (Å²) in [6.45, 7) is 3.29. The molecule has 0 spiro atoms. The van der Waals surface area contributed by atoms with Gasteiger partial charge in [0.2, 0.25) is 5.91 Å². The van der Waals surface area contributed by atoms with Crippen molar-refractivity contribution in [2.75, 3.05) is 7.05 Å². The van der Waals surface area contributed by atoms with Gasteiger partial charge in [-0.1, -0.05) is 6.92 Å². The summed E-state index contributed by atoms with van der Waals surface area (Å²) in [6, 6.07) is 4.01. The Morgan fingerprint density at radius 3 is 3.00 bits per heavy atom. The third-order valence-electron chi connectivity index (χ3n) is 4.00. The van der Waals surface area contributed by atoms with Crippen LogP contribution in [0.4, 0.5) is 0 Å². The van der Waals surface area contributed by atoms with Crippen molar-refractivity contribution in [1.29, 1.82) is 0 Å². The predicted octanol–water partition coefficient (Wildman–Crippen LogP) is 2.04. The summed E-state index contributed by atoms with van der Waals surface area (Å²) in [5.41, 5.74) is 0. The number of hydrogen-bond donors (Lipinski definition) is 0. The molecule has 2 heterocycles. The van der Waals surface area contributed by atoms with Gasteiger partial charge in [0.15, 0.2) is 0 Å². The molecule has 0 saturated heterocycles. The van der Waals surface area contributed by atoms with Crippen molar-refractivity contribution < 1.29 is 9.21 Å². The van der Waals surface area contributed by atoms with Gasteiger partial charge >= 0.3 is 0 Å². The average molecular weight is 288 g/mol. The molecule has 0 N–H and O–H groups in total. The Kier molecular flexibility index (Phi) is 3.77. The lowest BCUT2D eigenvalue weighted by atomic mass is 10.3. The van der Waals surface area contributed by atoms with E-state index >= 15 is 0 Å². The second-order valence-corrected chi connectivity index (χ2v) is 5.78. The molecule has 1 fully saturated rings. The van der Waals surface area contributed by atoms with E-state index in [1.165, 1.54) is 12.7 Å². The summed E-state index contributed by atoms with van der Waals surface area (Å²) in [6.07, 6.45) is 4.70. The molecule has 2 atom stereocenters. The van der Waals surface area contributed by atoms with E-state index in [4.69, 9.17) is 4.42 Å². The molecule has 1 aliphatic rings. The van der Waals surface area contributed by atoms with E-state index < -0.39 is 0 Å². The topological polar surface area (TPSA) is 64.2 Å². The molecule has 1 amide bonds. The number of aromatic nitrogens is 3. The lowest BCUT2D eigenvalue weighted by Gasteiger charge is -2.15. The van der Waals surface area contributed by atoms with Crippen molar-refractivity contribution in [2.24, 2.45) is 5.92 Å². The molecule has 2 aromatic rings.